The van der Waals surface area contributed by atoms with Gasteiger partial charge in [0.25, 0.3) is 0 Å². The molecular formula is C22H27FN4O. The van der Waals surface area contributed by atoms with Gasteiger partial charge in [0.15, 0.2) is 5.96 Å². The van der Waals surface area contributed by atoms with E-state index in [0.717, 1.165) is 16.9 Å². The molecule has 0 aliphatic carbocycles. The minimum Gasteiger partial charge on any atom is -0.488 e. The van der Waals surface area contributed by atoms with E-state index in [2.05, 4.69) is 15.6 Å². The van der Waals surface area contributed by atoms with E-state index in [-0.39, 0.29) is 12.1 Å². The molecule has 0 aromatic heterocycles. The number of guanidine groups is 1. The lowest BCUT2D eigenvalue weighted by atomic mass is 10.1. The molecule has 0 spiro atoms. The largest absolute Gasteiger partial charge is 0.488 e. The number of halogens is 1. The van der Waals surface area contributed by atoms with Crippen LogP contribution in [0.5, 0.6) is 5.75 Å². The summed E-state index contributed by atoms with van der Waals surface area (Å²) < 4.78 is 20.1. The molecule has 28 heavy (non-hydrogen) atoms. The number of nitriles is 1. The molecule has 2 N–H and O–H groups in total. The van der Waals surface area contributed by atoms with Crippen LogP contribution >= 0.6 is 0 Å². The number of rotatable bonds is 5. The van der Waals surface area contributed by atoms with E-state index in [1.165, 1.54) is 6.07 Å². The van der Waals surface area contributed by atoms with Crippen molar-refractivity contribution in [1.29, 1.82) is 5.26 Å². The maximum Gasteiger partial charge on any atom is 0.191 e. The number of aliphatic imine (C=N–C) groups is 1. The maximum absolute atomic E-state index is 14.0. The number of benzene rings is 2. The molecule has 0 aliphatic rings. The van der Waals surface area contributed by atoms with Gasteiger partial charge in [-0.05, 0) is 51.5 Å². The molecule has 0 heterocycles. The Kier molecular flexibility index (Phi) is 7.00. The lowest BCUT2D eigenvalue weighted by molar-refractivity contribution is 0.129. The third-order valence-electron chi connectivity index (χ3n) is 3.94. The fourth-order valence-corrected chi connectivity index (χ4v) is 2.57. The van der Waals surface area contributed by atoms with Crippen LogP contribution in [0, 0.1) is 24.1 Å². The molecule has 0 amide bonds. The molecule has 2 aromatic rings. The van der Waals surface area contributed by atoms with Crippen LogP contribution in [-0.2, 0) is 13.1 Å². The topological polar surface area (TPSA) is 69.4 Å². The average Bonchev–Trinajstić information content (AvgIpc) is 2.62. The Morgan fingerprint density at radius 3 is 2.32 bits per heavy atom. The molecule has 0 atom stereocenters. The van der Waals surface area contributed by atoms with Gasteiger partial charge in [-0.15, -0.1) is 0 Å². The Hall–Kier alpha value is -3.07. The second-order valence-electron chi connectivity index (χ2n) is 7.52. The van der Waals surface area contributed by atoms with Gasteiger partial charge in [0.2, 0.25) is 0 Å². The number of aryl methyl sites for hydroxylation is 1. The van der Waals surface area contributed by atoms with Crippen LogP contribution in [0.3, 0.4) is 0 Å². The van der Waals surface area contributed by atoms with E-state index < -0.39 is 5.82 Å². The molecule has 5 nitrogen and oxygen atoms in total. The van der Waals surface area contributed by atoms with Crippen molar-refractivity contribution in [2.75, 3.05) is 7.05 Å². The van der Waals surface area contributed by atoms with Crippen LogP contribution in [0.4, 0.5) is 4.39 Å². The quantitative estimate of drug-likeness (QED) is 0.605. The number of hydrogen-bond donors (Lipinski definition) is 2. The second-order valence-corrected chi connectivity index (χ2v) is 7.52. The zero-order chi connectivity index (χ0) is 20.7. The van der Waals surface area contributed by atoms with Crippen molar-refractivity contribution < 1.29 is 9.13 Å². The van der Waals surface area contributed by atoms with Crippen molar-refractivity contribution in [3.8, 4) is 11.8 Å². The van der Waals surface area contributed by atoms with Crippen LogP contribution in [0.25, 0.3) is 0 Å². The Morgan fingerprint density at radius 1 is 1.11 bits per heavy atom. The molecule has 0 saturated carbocycles. The SMILES string of the molecule is CN=C(NCc1ccc(C#N)cc1F)NCc1ccc(C)cc1OC(C)(C)C. The molecule has 2 aromatic carbocycles. The second kappa shape index (κ2) is 9.23. The van der Waals surface area contributed by atoms with Gasteiger partial charge < -0.3 is 15.4 Å². The summed E-state index contributed by atoms with van der Waals surface area (Å²) in [5.74, 6) is 0.959. The summed E-state index contributed by atoms with van der Waals surface area (Å²) >= 11 is 0. The first-order valence-electron chi connectivity index (χ1n) is 9.13. The van der Waals surface area contributed by atoms with Gasteiger partial charge in [-0.2, -0.15) is 5.26 Å². The summed E-state index contributed by atoms with van der Waals surface area (Å²) in [6, 6.07) is 12.4. The molecule has 0 radical (unpaired) electrons. The van der Waals surface area contributed by atoms with Gasteiger partial charge in [0, 0.05) is 31.3 Å². The van der Waals surface area contributed by atoms with Gasteiger partial charge in [0.1, 0.15) is 17.2 Å². The van der Waals surface area contributed by atoms with Crippen molar-refractivity contribution in [2.24, 2.45) is 4.99 Å². The summed E-state index contributed by atoms with van der Waals surface area (Å²) in [6.45, 7) is 8.84. The Morgan fingerprint density at radius 2 is 1.75 bits per heavy atom. The van der Waals surface area contributed by atoms with Crippen LogP contribution in [0.2, 0.25) is 0 Å². The first-order chi connectivity index (χ1) is 13.2. The summed E-state index contributed by atoms with van der Waals surface area (Å²) in [7, 11) is 1.66. The first kappa shape index (κ1) is 21.2. The van der Waals surface area contributed by atoms with E-state index in [9.17, 15) is 4.39 Å². The average molecular weight is 382 g/mol. The maximum atomic E-state index is 14.0. The highest BCUT2D eigenvalue weighted by Gasteiger charge is 2.15. The summed E-state index contributed by atoms with van der Waals surface area (Å²) in [6.07, 6.45) is 0. The number of ether oxygens (including phenoxy) is 1. The van der Waals surface area contributed by atoms with Crippen LogP contribution in [0.15, 0.2) is 41.4 Å². The summed E-state index contributed by atoms with van der Waals surface area (Å²) in [4.78, 5) is 4.18. The fourth-order valence-electron chi connectivity index (χ4n) is 2.57. The van der Waals surface area contributed by atoms with Crippen molar-refractivity contribution in [3.63, 3.8) is 0 Å². The van der Waals surface area contributed by atoms with Gasteiger partial charge in [-0.3, -0.25) is 4.99 Å². The van der Waals surface area contributed by atoms with E-state index >= 15 is 0 Å². The Bertz CT molecular complexity index is 894. The number of nitrogens with zero attached hydrogens (tertiary/aromatic N) is 2. The minimum absolute atomic E-state index is 0.260. The highest BCUT2D eigenvalue weighted by Crippen LogP contribution is 2.24. The Balaban J connectivity index is 2.02. The fraction of sp³-hybridized carbons (Fsp3) is 0.364. The zero-order valence-corrected chi connectivity index (χ0v) is 17.1. The highest BCUT2D eigenvalue weighted by molar-refractivity contribution is 5.79. The molecule has 2 rings (SSSR count). The lowest BCUT2D eigenvalue weighted by Crippen LogP contribution is -2.36. The van der Waals surface area contributed by atoms with Crippen molar-refractivity contribution >= 4 is 5.96 Å². The molecule has 6 heteroatoms. The van der Waals surface area contributed by atoms with Gasteiger partial charge in [-0.25, -0.2) is 4.39 Å². The smallest absolute Gasteiger partial charge is 0.191 e. The predicted molar refractivity (Wildman–Crippen MR) is 110 cm³/mol. The Labute approximate surface area is 166 Å². The zero-order valence-electron chi connectivity index (χ0n) is 17.1. The normalized spacial score (nSPS) is 11.7. The molecule has 0 fully saturated rings. The summed E-state index contributed by atoms with van der Waals surface area (Å²) in [5, 5.41) is 15.1. The van der Waals surface area contributed by atoms with E-state index in [1.54, 1.807) is 19.2 Å². The summed E-state index contributed by atoms with van der Waals surface area (Å²) in [5.41, 5.74) is 2.61. The lowest BCUT2D eigenvalue weighted by Gasteiger charge is -2.24. The number of nitrogens with one attached hydrogen (secondary N) is 2. The minimum atomic E-state index is -0.415. The highest BCUT2D eigenvalue weighted by atomic mass is 19.1. The standard InChI is InChI=1S/C22H27FN4O/c1-15-6-8-18(20(10-15)28-22(2,3)4)14-27-21(25-5)26-13-17-9-7-16(12-24)11-19(17)23/h6-11H,13-14H2,1-5H3,(H2,25,26,27). The molecule has 0 unspecified atom stereocenters. The predicted octanol–water partition coefficient (Wildman–Crippen LogP) is 4.05. The van der Waals surface area contributed by atoms with Crippen molar-refractivity contribution in [3.05, 3.63) is 64.5 Å². The van der Waals surface area contributed by atoms with Crippen LogP contribution in [0.1, 0.15) is 43.0 Å². The monoisotopic (exact) mass is 382 g/mol. The van der Waals surface area contributed by atoms with Crippen molar-refractivity contribution in [1.82, 2.24) is 10.6 Å². The molecule has 0 saturated heterocycles. The van der Waals surface area contributed by atoms with E-state index in [0.29, 0.717) is 23.6 Å². The third kappa shape index (κ3) is 6.27. The van der Waals surface area contributed by atoms with E-state index in [1.807, 2.05) is 52.0 Å². The van der Waals surface area contributed by atoms with E-state index in [4.69, 9.17) is 10.00 Å². The number of hydrogen-bond acceptors (Lipinski definition) is 3. The molecular weight excluding hydrogens is 355 g/mol. The molecule has 0 bridgehead atoms. The molecule has 148 valence electrons. The van der Waals surface area contributed by atoms with Gasteiger partial charge in [-0.1, -0.05) is 18.2 Å². The van der Waals surface area contributed by atoms with Gasteiger partial charge >= 0.3 is 0 Å². The third-order valence-corrected chi connectivity index (χ3v) is 3.94. The first-order valence-corrected chi connectivity index (χ1v) is 9.13. The van der Waals surface area contributed by atoms with Crippen LogP contribution < -0.4 is 15.4 Å². The van der Waals surface area contributed by atoms with Crippen molar-refractivity contribution in [2.45, 2.75) is 46.4 Å². The van der Waals surface area contributed by atoms with Gasteiger partial charge in [0.05, 0.1) is 11.6 Å². The van der Waals surface area contributed by atoms with Crippen LogP contribution in [-0.4, -0.2) is 18.6 Å². The molecule has 0 aliphatic heterocycles.